The Morgan fingerprint density at radius 3 is 2.89 bits per heavy atom. The molecular weight excluding hydrogens is 240 g/mol. The minimum absolute atomic E-state index is 0.424. The maximum atomic E-state index is 12.5. The van der Waals surface area contributed by atoms with Gasteiger partial charge in [0.2, 0.25) is 6.33 Å². The lowest BCUT2D eigenvalue weighted by molar-refractivity contribution is -0.748. The number of ether oxygens (including phenoxy) is 1. The van der Waals surface area contributed by atoms with Crippen molar-refractivity contribution in [2.75, 3.05) is 7.11 Å². The van der Waals surface area contributed by atoms with E-state index in [1.807, 2.05) is 19.1 Å². The number of alkyl halides is 2. The number of aromatic nitrogens is 3. The summed E-state index contributed by atoms with van der Waals surface area (Å²) in [4.78, 5) is 4.08. The molecule has 0 saturated carbocycles. The molecule has 0 atom stereocenters. The summed E-state index contributed by atoms with van der Waals surface area (Å²) in [5.74, 6) is 1.09. The van der Waals surface area contributed by atoms with Crippen LogP contribution in [0.25, 0.3) is 11.4 Å². The largest absolute Gasteiger partial charge is 0.496 e. The van der Waals surface area contributed by atoms with Gasteiger partial charge in [0, 0.05) is 0 Å². The Bertz CT molecular complexity index is 540. The van der Waals surface area contributed by atoms with Crippen LogP contribution in [0.15, 0.2) is 24.5 Å². The van der Waals surface area contributed by atoms with Crippen molar-refractivity contribution < 1.29 is 18.2 Å². The van der Waals surface area contributed by atoms with E-state index in [-0.39, 0.29) is 0 Å². The zero-order chi connectivity index (χ0) is 13.1. The summed E-state index contributed by atoms with van der Waals surface area (Å²) in [5, 5.41) is 2.68. The van der Waals surface area contributed by atoms with Crippen molar-refractivity contribution in [2.45, 2.75) is 19.9 Å². The van der Waals surface area contributed by atoms with Gasteiger partial charge >= 0.3 is 5.82 Å². The first-order chi connectivity index (χ1) is 8.63. The number of nitrogens with one attached hydrogen (secondary N) is 1. The van der Waals surface area contributed by atoms with Crippen LogP contribution in [0.4, 0.5) is 8.78 Å². The van der Waals surface area contributed by atoms with Gasteiger partial charge in [0.25, 0.3) is 6.43 Å². The van der Waals surface area contributed by atoms with Gasteiger partial charge in [0.05, 0.1) is 7.11 Å². The molecular formula is C12H14F2N3O+. The number of nitrogens with zero attached hydrogens (tertiary/aromatic N) is 2. The number of hydrogen-bond acceptors (Lipinski definition) is 2. The molecule has 1 aromatic heterocycles. The number of aromatic amines is 1. The van der Waals surface area contributed by atoms with E-state index in [0.29, 0.717) is 17.1 Å². The fourth-order valence-corrected chi connectivity index (χ4v) is 1.88. The summed E-state index contributed by atoms with van der Waals surface area (Å²) in [6, 6.07) is 5.53. The molecule has 2 aromatic rings. The van der Waals surface area contributed by atoms with Crippen molar-refractivity contribution in [1.29, 1.82) is 0 Å². The maximum Gasteiger partial charge on any atom is 0.354 e. The molecule has 18 heavy (non-hydrogen) atoms. The minimum atomic E-state index is -2.44. The van der Waals surface area contributed by atoms with Crippen molar-refractivity contribution in [3.8, 4) is 17.1 Å². The maximum absolute atomic E-state index is 12.5. The molecule has 0 aliphatic rings. The van der Waals surface area contributed by atoms with Gasteiger partial charge in [-0.15, -0.1) is 4.68 Å². The summed E-state index contributed by atoms with van der Waals surface area (Å²) < 4.78 is 31.5. The second kappa shape index (κ2) is 5.12. The Hall–Kier alpha value is -1.98. The molecule has 0 bridgehead atoms. The van der Waals surface area contributed by atoms with E-state index in [2.05, 4.69) is 10.1 Å². The number of rotatable bonds is 4. The zero-order valence-electron chi connectivity index (χ0n) is 10.2. The molecule has 1 aromatic carbocycles. The minimum Gasteiger partial charge on any atom is -0.496 e. The molecule has 2 rings (SSSR count). The molecule has 0 aliphatic heterocycles. The highest BCUT2D eigenvalue weighted by atomic mass is 19.3. The Labute approximate surface area is 103 Å². The zero-order valence-corrected chi connectivity index (χ0v) is 10.2. The number of para-hydroxylation sites is 1. The predicted molar refractivity (Wildman–Crippen MR) is 61.5 cm³/mol. The molecule has 0 radical (unpaired) electrons. The van der Waals surface area contributed by atoms with Gasteiger partial charge in [-0.3, -0.25) is 0 Å². The van der Waals surface area contributed by atoms with E-state index >= 15 is 0 Å². The fraction of sp³-hybridized carbons (Fsp3) is 0.333. The van der Waals surface area contributed by atoms with Crippen LogP contribution in [-0.2, 0) is 6.54 Å². The third-order valence-electron chi connectivity index (χ3n) is 2.63. The third kappa shape index (κ3) is 2.32. The molecule has 0 amide bonds. The first-order valence-corrected chi connectivity index (χ1v) is 5.48. The highest BCUT2D eigenvalue weighted by Crippen LogP contribution is 2.29. The van der Waals surface area contributed by atoms with Gasteiger partial charge in [-0.1, -0.05) is 12.1 Å². The van der Waals surface area contributed by atoms with Gasteiger partial charge in [0.1, 0.15) is 11.3 Å². The van der Waals surface area contributed by atoms with Crippen LogP contribution >= 0.6 is 0 Å². The van der Waals surface area contributed by atoms with Gasteiger partial charge in [0.15, 0.2) is 6.54 Å². The van der Waals surface area contributed by atoms with Gasteiger partial charge in [-0.25, -0.2) is 8.78 Å². The summed E-state index contributed by atoms with van der Waals surface area (Å²) in [7, 11) is 1.55. The van der Waals surface area contributed by atoms with Crippen LogP contribution in [0.2, 0.25) is 0 Å². The molecule has 1 heterocycles. The molecule has 1 N–H and O–H groups in total. The molecule has 0 spiro atoms. The van der Waals surface area contributed by atoms with Gasteiger partial charge in [-0.05, 0) is 23.5 Å². The van der Waals surface area contributed by atoms with Crippen molar-refractivity contribution in [3.63, 3.8) is 0 Å². The van der Waals surface area contributed by atoms with E-state index in [1.165, 1.54) is 11.0 Å². The number of aryl methyl sites for hydroxylation is 1. The van der Waals surface area contributed by atoms with Crippen LogP contribution in [0.1, 0.15) is 5.56 Å². The molecule has 96 valence electrons. The summed E-state index contributed by atoms with van der Waals surface area (Å²) in [6.07, 6.45) is -1.05. The molecule has 0 fully saturated rings. The van der Waals surface area contributed by atoms with E-state index in [9.17, 15) is 8.78 Å². The van der Waals surface area contributed by atoms with Crippen LogP contribution in [0.5, 0.6) is 5.75 Å². The second-order valence-corrected chi connectivity index (χ2v) is 3.87. The Morgan fingerprint density at radius 1 is 1.44 bits per heavy atom. The van der Waals surface area contributed by atoms with Crippen LogP contribution in [-0.4, -0.2) is 23.6 Å². The van der Waals surface area contributed by atoms with Crippen molar-refractivity contribution in [1.82, 2.24) is 10.1 Å². The Morgan fingerprint density at radius 2 is 2.22 bits per heavy atom. The Kier molecular flexibility index (Phi) is 3.55. The predicted octanol–water partition coefficient (Wildman–Crippen LogP) is 1.95. The fourth-order valence-electron chi connectivity index (χ4n) is 1.88. The lowest BCUT2D eigenvalue weighted by Gasteiger charge is -2.07. The number of halogens is 2. The molecule has 4 nitrogen and oxygen atoms in total. The van der Waals surface area contributed by atoms with E-state index in [4.69, 9.17) is 4.74 Å². The number of H-pyrrole nitrogens is 1. The second-order valence-electron chi connectivity index (χ2n) is 3.87. The van der Waals surface area contributed by atoms with Crippen molar-refractivity contribution in [2.24, 2.45) is 0 Å². The van der Waals surface area contributed by atoms with Crippen LogP contribution < -0.4 is 9.42 Å². The van der Waals surface area contributed by atoms with Gasteiger partial charge < -0.3 is 4.74 Å². The number of methoxy groups -OCH3 is 1. The monoisotopic (exact) mass is 254 g/mol. The normalized spacial score (nSPS) is 10.9. The lowest BCUT2D eigenvalue weighted by atomic mass is 10.1. The first kappa shape index (κ1) is 12.5. The van der Waals surface area contributed by atoms with Crippen LogP contribution in [0, 0.1) is 6.92 Å². The Balaban J connectivity index is 2.49. The molecule has 6 heteroatoms. The highest BCUT2D eigenvalue weighted by molar-refractivity contribution is 5.64. The quantitative estimate of drug-likeness (QED) is 0.847. The molecule has 0 aliphatic carbocycles. The summed E-state index contributed by atoms with van der Waals surface area (Å²) >= 11 is 0. The standard InChI is InChI=1S/C12H13F2N3O/c1-8-4-3-5-9(11(8)18-2)12-15-7-16-17(12)6-10(13)14/h3-5,7,10H,6H2,1-2H3/p+1. The first-order valence-electron chi connectivity index (χ1n) is 5.48. The SMILES string of the molecule is COc1c(C)cccc1-c1nc[nH][n+]1CC(F)F. The van der Waals surface area contributed by atoms with E-state index < -0.39 is 13.0 Å². The number of hydrogen-bond donors (Lipinski definition) is 1. The average molecular weight is 254 g/mol. The van der Waals surface area contributed by atoms with E-state index in [1.54, 1.807) is 13.2 Å². The molecule has 0 unspecified atom stereocenters. The van der Waals surface area contributed by atoms with Crippen molar-refractivity contribution in [3.05, 3.63) is 30.1 Å². The van der Waals surface area contributed by atoms with Crippen molar-refractivity contribution >= 4 is 0 Å². The number of benzene rings is 1. The molecule has 0 saturated heterocycles. The smallest absolute Gasteiger partial charge is 0.354 e. The van der Waals surface area contributed by atoms with E-state index in [0.717, 1.165) is 5.56 Å². The third-order valence-corrected chi connectivity index (χ3v) is 2.63. The lowest BCUT2D eigenvalue weighted by Crippen LogP contribution is -2.41. The van der Waals surface area contributed by atoms with Gasteiger partial charge in [-0.2, -0.15) is 5.10 Å². The summed E-state index contributed by atoms with van der Waals surface area (Å²) in [6.45, 7) is 1.47. The average Bonchev–Trinajstić information content (AvgIpc) is 2.75. The summed E-state index contributed by atoms with van der Waals surface area (Å²) in [5.41, 5.74) is 1.63. The van der Waals surface area contributed by atoms with Crippen LogP contribution in [0.3, 0.4) is 0 Å². The topological polar surface area (TPSA) is 41.8 Å². The highest BCUT2D eigenvalue weighted by Gasteiger charge is 2.23.